The first-order valence-corrected chi connectivity index (χ1v) is 5.96. The Labute approximate surface area is 112 Å². The van der Waals surface area contributed by atoms with Crippen molar-refractivity contribution in [1.29, 1.82) is 0 Å². The second-order valence-electron chi connectivity index (χ2n) is 4.79. The summed E-state index contributed by atoms with van der Waals surface area (Å²) in [5.41, 5.74) is -0.329. The Balaban J connectivity index is 2.67. The van der Waals surface area contributed by atoms with E-state index in [-0.39, 0.29) is 6.54 Å². The van der Waals surface area contributed by atoms with Gasteiger partial charge in [0.1, 0.15) is 5.60 Å². The van der Waals surface area contributed by atoms with Crippen molar-refractivity contribution in [2.45, 2.75) is 33.3 Å². The largest absolute Gasteiger partial charge is 0.443 e. The third kappa shape index (κ3) is 4.95. The highest BCUT2D eigenvalue weighted by atomic mass is 16.8. The van der Waals surface area contributed by atoms with E-state index in [1.807, 2.05) is 0 Å². The molecule has 104 valence electrons. The average Bonchev–Trinajstić information content (AvgIpc) is 2.34. The maximum absolute atomic E-state index is 11.8. The molecule has 0 radical (unpaired) electrons. The number of aromatic nitrogens is 1. The van der Waals surface area contributed by atoms with Gasteiger partial charge in [0.05, 0.1) is 12.1 Å². The molecule has 1 heterocycles. The van der Waals surface area contributed by atoms with Gasteiger partial charge >= 0.3 is 12.1 Å². The minimum absolute atomic E-state index is 0.200. The fraction of sp³-hybridized carbons (Fsp3) is 0.462. The lowest BCUT2D eigenvalue weighted by atomic mass is 10.2. The standard InChI is InChI=1S/C13H18N2O4/c1-5-15(12(17)18-13(2,3)4)19-11(16)10-6-8-14-9-7-10/h6-9H,5H2,1-4H3. The number of hydroxylamine groups is 2. The quantitative estimate of drug-likeness (QED) is 0.769. The van der Waals surface area contributed by atoms with Crippen LogP contribution < -0.4 is 0 Å². The second kappa shape index (κ2) is 6.17. The molecule has 0 spiro atoms. The average molecular weight is 266 g/mol. The van der Waals surface area contributed by atoms with Crippen LogP contribution in [0.1, 0.15) is 38.1 Å². The highest BCUT2D eigenvalue weighted by Gasteiger charge is 2.24. The summed E-state index contributed by atoms with van der Waals surface area (Å²) in [5.74, 6) is -0.630. The summed E-state index contributed by atoms with van der Waals surface area (Å²) in [4.78, 5) is 32.3. The topological polar surface area (TPSA) is 68.7 Å². The van der Waals surface area contributed by atoms with Crippen molar-refractivity contribution in [3.8, 4) is 0 Å². The Morgan fingerprint density at radius 3 is 2.32 bits per heavy atom. The van der Waals surface area contributed by atoms with Gasteiger partial charge in [0, 0.05) is 12.4 Å². The number of pyridine rings is 1. The molecule has 1 aromatic rings. The van der Waals surface area contributed by atoms with Gasteiger partial charge in [0.2, 0.25) is 0 Å². The van der Waals surface area contributed by atoms with E-state index >= 15 is 0 Å². The van der Waals surface area contributed by atoms with E-state index < -0.39 is 17.7 Å². The molecule has 1 amide bonds. The smallest absolute Gasteiger partial charge is 0.442 e. The summed E-state index contributed by atoms with van der Waals surface area (Å²) < 4.78 is 5.12. The predicted molar refractivity (Wildman–Crippen MR) is 68.3 cm³/mol. The van der Waals surface area contributed by atoms with Gasteiger partial charge in [0.15, 0.2) is 0 Å². The first kappa shape index (κ1) is 14.9. The van der Waals surface area contributed by atoms with Crippen molar-refractivity contribution in [2.75, 3.05) is 6.54 Å². The van der Waals surface area contributed by atoms with Gasteiger partial charge in [-0.05, 0) is 39.8 Å². The number of carbonyl (C=O) groups is 2. The number of rotatable bonds is 2. The van der Waals surface area contributed by atoms with Gasteiger partial charge in [-0.1, -0.05) is 0 Å². The fourth-order valence-corrected chi connectivity index (χ4v) is 1.18. The lowest BCUT2D eigenvalue weighted by Gasteiger charge is -2.25. The predicted octanol–water partition coefficient (Wildman–Crippen LogP) is 2.41. The Bertz CT molecular complexity index is 440. The number of carbonyl (C=O) groups excluding carboxylic acids is 2. The maximum atomic E-state index is 11.8. The Hall–Kier alpha value is -2.11. The number of amides is 1. The molecular weight excluding hydrogens is 248 g/mol. The molecule has 19 heavy (non-hydrogen) atoms. The Morgan fingerprint density at radius 1 is 1.26 bits per heavy atom. The van der Waals surface area contributed by atoms with Crippen LogP contribution in [0, 0.1) is 0 Å². The maximum Gasteiger partial charge on any atom is 0.443 e. The van der Waals surface area contributed by atoms with Crippen molar-refractivity contribution < 1.29 is 19.2 Å². The molecule has 1 aromatic heterocycles. The molecule has 0 aliphatic heterocycles. The van der Waals surface area contributed by atoms with Crippen molar-refractivity contribution in [3.05, 3.63) is 30.1 Å². The first-order chi connectivity index (χ1) is 8.83. The van der Waals surface area contributed by atoms with E-state index in [9.17, 15) is 9.59 Å². The molecule has 0 fully saturated rings. The molecule has 0 bridgehead atoms. The molecule has 0 saturated heterocycles. The molecule has 0 unspecified atom stereocenters. The molecule has 6 nitrogen and oxygen atoms in total. The molecule has 0 saturated carbocycles. The zero-order valence-electron chi connectivity index (χ0n) is 11.5. The molecule has 0 aliphatic rings. The van der Waals surface area contributed by atoms with Gasteiger partial charge in [-0.15, -0.1) is 5.06 Å². The van der Waals surface area contributed by atoms with Crippen LogP contribution in [0.5, 0.6) is 0 Å². The lowest BCUT2D eigenvalue weighted by molar-refractivity contribution is -0.105. The third-order valence-electron chi connectivity index (χ3n) is 1.99. The van der Waals surface area contributed by atoms with Crippen LogP contribution >= 0.6 is 0 Å². The van der Waals surface area contributed by atoms with Crippen LogP contribution in [0.2, 0.25) is 0 Å². The van der Waals surface area contributed by atoms with Crippen LogP contribution in [-0.4, -0.2) is 34.3 Å². The summed E-state index contributed by atoms with van der Waals surface area (Å²) in [6.07, 6.45) is 2.25. The van der Waals surface area contributed by atoms with Crippen molar-refractivity contribution in [3.63, 3.8) is 0 Å². The minimum atomic E-state index is -0.697. The summed E-state index contributed by atoms with van der Waals surface area (Å²) >= 11 is 0. The summed E-state index contributed by atoms with van der Waals surface area (Å²) in [6.45, 7) is 7.10. The van der Waals surface area contributed by atoms with Gasteiger partial charge < -0.3 is 9.57 Å². The van der Waals surface area contributed by atoms with E-state index in [4.69, 9.17) is 9.57 Å². The summed E-state index contributed by atoms with van der Waals surface area (Å²) in [5, 5.41) is 0.883. The zero-order chi connectivity index (χ0) is 14.5. The van der Waals surface area contributed by atoms with Crippen LogP contribution in [0.15, 0.2) is 24.5 Å². The fourth-order valence-electron chi connectivity index (χ4n) is 1.18. The Kier molecular flexibility index (Phi) is 4.86. The van der Waals surface area contributed by atoms with Crippen LogP contribution in [0.3, 0.4) is 0 Å². The number of hydrogen-bond acceptors (Lipinski definition) is 5. The van der Waals surface area contributed by atoms with Gasteiger partial charge in [0.25, 0.3) is 0 Å². The molecule has 0 aromatic carbocycles. The highest BCUT2D eigenvalue weighted by Crippen LogP contribution is 2.11. The minimum Gasteiger partial charge on any atom is -0.442 e. The normalized spacial score (nSPS) is 10.7. The van der Waals surface area contributed by atoms with Crippen molar-refractivity contribution >= 4 is 12.1 Å². The number of nitrogens with zero attached hydrogens (tertiary/aromatic N) is 2. The second-order valence-corrected chi connectivity index (χ2v) is 4.79. The monoisotopic (exact) mass is 266 g/mol. The van der Waals surface area contributed by atoms with Gasteiger partial charge in [-0.2, -0.15) is 0 Å². The lowest BCUT2D eigenvalue weighted by Crippen LogP contribution is -2.38. The SMILES string of the molecule is CCN(OC(=O)c1ccncc1)C(=O)OC(C)(C)C. The number of hydrogen-bond donors (Lipinski definition) is 0. The van der Waals surface area contributed by atoms with Gasteiger partial charge in [-0.25, -0.2) is 9.59 Å². The summed E-state index contributed by atoms with van der Waals surface area (Å²) in [7, 11) is 0. The zero-order valence-corrected chi connectivity index (χ0v) is 11.5. The van der Waals surface area contributed by atoms with E-state index in [2.05, 4.69) is 4.98 Å². The van der Waals surface area contributed by atoms with E-state index in [1.165, 1.54) is 24.5 Å². The molecule has 0 aliphatic carbocycles. The molecule has 0 atom stereocenters. The molecule has 6 heteroatoms. The molecule has 1 rings (SSSR count). The van der Waals surface area contributed by atoms with Gasteiger partial charge in [-0.3, -0.25) is 4.98 Å². The number of ether oxygens (including phenoxy) is 1. The van der Waals surface area contributed by atoms with Crippen molar-refractivity contribution in [2.24, 2.45) is 0 Å². The first-order valence-electron chi connectivity index (χ1n) is 5.96. The van der Waals surface area contributed by atoms with Crippen LogP contribution in [0.25, 0.3) is 0 Å². The summed E-state index contributed by atoms with van der Waals surface area (Å²) in [6, 6.07) is 3.01. The van der Waals surface area contributed by atoms with E-state index in [0.29, 0.717) is 5.56 Å². The Morgan fingerprint density at radius 2 is 1.84 bits per heavy atom. The molecule has 0 N–H and O–H groups in total. The van der Waals surface area contributed by atoms with Crippen molar-refractivity contribution in [1.82, 2.24) is 10.0 Å². The van der Waals surface area contributed by atoms with Crippen LogP contribution in [0.4, 0.5) is 4.79 Å². The van der Waals surface area contributed by atoms with E-state index in [0.717, 1.165) is 5.06 Å². The molecular formula is C13H18N2O4. The third-order valence-corrected chi connectivity index (χ3v) is 1.99. The van der Waals surface area contributed by atoms with Crippen LogP contribution in [-0.2, 0) is 9.57 Å². The highest BCUT2D eigenvalue weighted by molar-refractivity contribution is 5.89. The van der Waals surface area contributed by atoms with E-state index in [1.54, 1.807) is 27.7 Å².